The summed E-state index contributed by atoms with van der Waals surface area (Å²) in [7, 11) is -1.60. The van der Waals surface area contributed by atoms with Crippen LogP contribution in [0.25, 0.3) is 0 Å². The Kier molecular flexibility index (Phi) is 6.23. The Hall–Kier alpha value is -0.660. The van der Waals surface area contributed by atoms with Crippen LogP contribution in [0.15, 0.2) is 0 Å². The lowest BCUT2D eigenvalue weighted by atomic mass is 9.88. The summed E-state index contributed by atoms with van der Waals surface area (Å²) in [5.74, 6) is -0.00871. The molecule has 0 atom stereocenters. The van der Waals surface area contributed by atoms with E-state index in [4.69, 9.17) is 0 Å². The van der Waals surface area contributed by atoms with E-state index < -0.39 is 15.8 Å². The van der Waals surface area contributed by atoms with E-state index in [1.807, 2.05) is 7.05 Å². The van der Waals surface area contributed by atoms with Crippen LogP contribution in [-0.2, 0) is 14.8 Å². The lowest BCUT2D eigenvalue weighted by Crippen LogP contribution is -2.48. The number of hydrogen-bond donors (Lipinski definition) is 2. The number of likely N-dealkylation sites (tertiary alicyclic amines) is 1. The van der Waals surface area contributed by atoms with Crippen molar-refractivity contribution in [2.45, 2.75) is 57.5 Å². The van der Waals surface area contributed by atoms with Crippen molar-refractivity contribution < 1.29 is 13.2 Å². The number of sulfonamides is 1. The van der Waals surface area contributed by atoms with Crippen LogP contribution in [0.5, 0.6) is 0 Å². The average Bonchev–Trinajstić information content (AvgIpc) is 2.49. The minimum atomic E-state index is -3.52. The topological polar surface area (TPSA) is 78.5 Å². The van der Waals surface area contributed by atoms with Crippen LogP contribution < -0.4 is 10.0 Å². The first kappa shape index (κ1) is 17.7. The lowest BCUT2D eigenvalue weighted by Gasteiger charge is -2.32. The maximum atomic E-state index is 12.2. The van der Waals surface area contributed by atoms with Crippen LogP contribution in [-0.4, -0.2) is 57.2 Å². The van der Waals surface area contributed by atoms with Gasteiger partial charge >= 0.3 is 0 Å². The second kappa shape index (κ2) is 7.75. The number of carbonyl (C=O) groups excluding carboxylic acids is 1. The molecule has 0 spiro atoms. The van der Waals surface area contributed by atoms with Crippen LogP contribution in [0.4, 0.5) is 0 Å². The van der Waals surface area contributed by atoms with E-state index in [1.165, 1.54) is 0 Å². The van der Waals surface area contributed by atoms with Crippen molar-refractivity contribution in [3.63, 3.8) is 0 Å². The van der Waals surface area contributed by atoms with Crippen molar-refractivity contribution in [2.24, 2.45) is 5.92 Å². The zero-order chi connectivity index (χ0) is 16.2. The van der Waals surface area contributed by atoms with Gasteiger partial charge in [-0.25, -0.2) is 13.1 Å². The molecule has 0 aromatic rings. The summed E-state index contributed by atoms with van der Waals surface area (Å²) in [6, 6.07) is 0.437. The zero-order valence-corrected chi connectivity index (χ0v) is 14.5. The second-order valence-electron chi connectivity index (χ2n) is 6.78. The smallest absolute Gasteiger partial charge is 0.239 e. The third kappa shape index (κ3) is 5.21. The van der Waals surface area contributed by atoms with Crippen molar-refractivity contribution in [1.29, 1.82) is 0 Å². The van der Waals surface area contributed by atoms with Crippen LogP contribution in [0.1, 0.15) is 45.4 Å². The first-order valence-electron chi connectivity index (χ1n) is 8.34. The third-order valence-corrected chi connectivity index (χ3v) is 6.25. The molecule has 1 aliphatic heterocycles. The van der Waals surface area contributed by atoms with Crippen molar-refractivity contribution in [3.8, 4) is 0 Å². The van der Waals surface area contributed by atoms with Gasteiger partial charge in [-0.15, -0.1) is 0 Å². The highest BCUT2D eigenvalue weighted by molar-refractivity contribution is 7.90. The van der Waals surface area contributed by atoms with E-state index in [2.05, 4.69) is 17.0 Å². The standard InChI is InChI=1S/C15H29N3O3S/c1-12-3-5-14(6-4-12)17-22(20,21)11-15(19)18-9-7-13(16-2)8-10-18/h12-14,16-17H,3-11H2,1-2H3. The SMILES string of the molecule is CNC1CCN(C(=O)CS(=O)(=O)NC2CCC(C)CC2)CC1. The molecule has 0 aromatic carbocycles. The van der Waals surface area contributed by atoms with Gasteiger partial charge in [0.1, 0.15) is 5.75 Å². The molecule has 7 heteroatoms. The number of hydrogen-bond acceptors (Lipinski definition) is 4. The van der Waals surface area contributed by atoms with Gasteiger partial charge in [-0.05, 0) is 51.5 Å². The predicted octanol–water partition coefficient (Wildman–Crippen LogP) is 0.695. The summed E-state index contributed by atoms with van der Waals surface area (Å²) in [6.07, 6.45) is 5.63. The van der Waals surface area contributed by atoms with Crippen molar-refractivity contribution >= 4 is 15.9 Å². The number of amides is 1. The van der Waals surface area contributed by atoms with Crippen molar-refractivity contribution in [2.75, 3.05) is 25.9 Å². The summed E-state index contributed by atoms with van der Waals surface area (Å²) < 4.78 is 27.1. The Morgan fingerprint density at radius 1 is 1.05 bits per heavy atom. The monoisotopic (exact) mass is 331 g/mol. The molecule has 128 valence electrons. The molecule has 6 nitrogen and oxygen atoms in total. The highest BCUT2D eigenvalue weighted by Gasteiger charge is 2.28. The first-order chi connectivity index (χ1) is 10.4. The molecule has 1 saturated heterocycles. The van der Waals surface area contributed by atoms with E-state index in [1.54, 1.807) is 4.90 Å². The fourth-order valence-corrected chi connectivity index (χ4v) is 4.68. The minimum absolute atomic E-state index is 0.00373. The number of carbonyl (C=O) groups is 1. The zero-order valence-electron chi connectivity index (χ0n) is 13.7. The normalized spacial score (nSPS) is 27.8. The summed E-state index contributed by atoms with van der Waals surface area (Å²) in [5, 5.41) is 3.20. The van der Waals surface area contributed by atoms with Gasteiger partial charge in [0.15, 0.2) is 0 Å². The Morgan fingerprint density at radius 3 is 2.18 bits per heavy atom. The molecule has 22 heavy (non-hydrogen) atoms. The van der Waals surface area contributed by atoms with Gasteiger partial charge in [-0.2, -0.15) is 0 Å². The number of rotatable bonds is 5. The molecule has 2 fully saturated rings. The van der Waals surface area contributed by atoms with E-state index in [-0.39, 0.29) is 11.9 Å². The first-order valence-corrected chi connectivity index (χ1v) is 10.00. The van der Waals surface area contributed by atoms with Crippen LogP contribution >= 0.6 is 0 Å². The van der Waals surface area contributed by atoms with Gasteiger partial charge in [0, 0.05) is 25.2 Å². The van der Waals surface area contributed by atoms with Crippen LogP contribution in [0.3, 0.4) is 0 Å². The molecule has 0 aromatic heterocycles. The minimum Gasteiger partial charge on any atom is -0.342 e. The molecule has 2 rings (SSSR count). The van der Waals surface area contributed by atoms with E-state index >= 15 is 0 Å². The highest BCUT2D eigenvalue weighted by atomic mass is 32.2. The highest BCUT2D eigenvalue weighted by Crippen LogP contribution is 2.23. The molecule has 2 aliphatic rings. The Bertz CT molecular complexity index is 464. The predicted molar refractivity (Wildman–Crippen MR) is 87.0 cm³/mol. The maximum absolute atomic E-state index is 12.2. The molecule has 2 N–H and O–H groups in total. The number of nitrogens with one attached hydrogen (secondary N) is 2. The molecular weight excluding hydrogens is 302 g/mol. The molecule has 1 heterocycles. The molecule has 0 bridgehead atoms. The number of piperidine rings is 1. The summed E-state index contributed by atoms with van der Waals surface area (Å²) >= 11 is 0. The molecule has 0 radical (unpaired) electrons. The Balaban J connectivity index is 1.80. The van der Waals surface area contributed by atoms with Gasteiger partial charge in [0.05, 0.1) is 0 Å². The van der Waals surface area contributed by atoms with E-state index in [0.717, 1.165) is 38.5 Å². The largest absolute Gasteiger partial charge is 0.342 e. The van der Waals surface area contributed by atoms with E-state index in [9.17, 15) is 13.2 Å². The van der Waals surface area contributed by atoms with Crippen molar-refractivity contribution in [1.82, 2.24) is 14.9 Å². The number of nitrogens with zero attached hydrogens (tertiary/aromatic N) is 1. The lowest BCUT2D eigenvalue weighted by molar-refractivity contribution is -0.129. The molecule has 0 unspecified atom stereocenters. The van der Waals surface area contributed by atoms with Crippen LogP contribution in [0.2, 0.25) is 0 Å². The maximum Gasteiger partial charge on any atom is 0.239 e. The molecule has 1 amide bonds. The van der Waals surface area contributed by atoms with Gasteiger partial charge in [0.25, 0.3) is 0 Å². The summed E-state index contributed by atoms with van der Waals surface area (Å²) in [6.45, 7) is 3.48. The van der Waals surface area contributed by atoms with Gasteiger partial charge < -0.3 is 10.2 Å². The van der Waals surface area contributed by atoms with Crippen molar-refractivity contribution in [3.05, 3.63) is 0 Å². The molecule has 1 aliphatic carbocycles. The van der Waals surface area contributed by atoms with E-state index in [0.29, 0.717) is 25.0 Å². The van der Waals surface area contributed by atoms with Gasteiger partial charge in [0.2, 0.25) is 15.9 Å². The average molecular weight is 331 g/mol. The summed E-state index contributed by atoms with van der Waals surface area (Å²) in [5.41, 5.74) is 0. The summed E-state index contributed by atoms with van der Waals surface area (Å²) in [4.78, 5) is 13.9. The quantitative estimate of drug-likeness (QED) is 0.777. The fraction of sp³-hybridized carbons (Fsp3) is 0.933. The Labute approximate surface area is 134 Å². The second-order valence-corrected chi connectivity index (χ2v) is 8.53. The van der Waals surface area contributed by atoms with Gasteiger partial charge in [-0.1, -0.05) is 6.92 Å². The molecule has 1 saturated carbocycles. The fourth-order valence-electron chi connectivity index (χ4n) is 3.34. The van der Waals surface area contributed by atoms with Crippen LogP contribution in [0, 0.1) is 5.92 Å². The van der Waals surface area contributed by atoms with Gasteiger partial charge in [-0.3, -0.25) is 4.79 Å². The third-order valence-electron chi connectivity index (χ3n) is 4.93. The Morgan fingerprint density at radius 2 is 1.64 bits per heavy atom. The molecular formula is C15H29N3O3S.